The molecule has 2 amide bonds. The second-order valence-electron chi connectivity index (χ2n) is 20.8. The molecule has 90 heavy (non-hydrogen) atoms. The predicted octanol–water partition coefficient (Wildman–Crippen LogP) is 11.6. The van der Waals surface area contributed by atoms with Crippen molar-refractivity contribution in [1.29, 1.82) is 21.0 Å². The number of thioether (sulfide) groups is 2. The number of hydrogen-bond acceptors (Lipinski definition) is 20. The van der Waals surface area contributed by atoms with Gasteiger partial charge in [-0.15, -0.1) is 22.7 Å². The van der Waals surface area contributed by atoms with Crippen LogP contribution in [-0.2, 0) is 85.0 Å². The molecule has 2 saturated heterocycles. The molecule has 0 N–H and O–H groups in total. The lowest BCUT2D eigenvalue weighted by Gasteiger charge is -2.35. The van der Waals surface area contributed by atoms with Crippen molar-refractivity contribution < 1.29 is 47.7 Å². The van der Waals surface area contributed by atoms with E-state index in [1.165, 1.54) is 9.80 Å². The third-order valence-electron chi connectivity index (χ3n) is 15.7. The maximum absolute atomic E-state index is 15.7. The van der Waals surface area contributed by atoms with Crippen molar-refractivity contribution in [2.24, 2.45) is 21.8 Å². The third kappa shape index (κ3) is 10.3. The fourth-order valence-corrected chi connectivity index (χ4v) is 16.0. The Morgan fingerprint density at radius 2 is 0.778 bits per heavy atom. The van der Waals surface area contributed by atoms with Crippen molar-refractivity contribution in [1.82, 2.24) is 9.80 Å². The van der Waals surface area contributed by atoms with E-state index in [9.17, 15) is 30.6 Å². The maximum atomic E-state index is 15.7. The molecule has 22 heteroatoms. The zero-order valence-electron chi connectivity index (χ0n) is 47.7. The number of thiophene rings is 2. The minimum Gasteiger partial charge on any atom is -0.459 e. The number of carbonyl (C=O) groups excluding carboxylic acids is 6. The second kappa shape index (κ2) is 25.0. The summed E-state index contributed by atoms with van der Waals surface area (Å²) in [7, 11) is 0. The van der Waals surface area contributed by atoms with E-state index in [2.05, 4.69) is 0 Å². The molecule has 0 spiro atoms. The first-order valence-corrected chi connectivity index (χ1v) is 31.4. The number of allylic oxidation sites excluding steroid dienone is 8. The van der Waals surface area contributed by atoms with Gasteiger partial charge in [0.2, 0.25) is 10.8 Å². The van der Waals surface area contributed by atoms with E-state index in [-0.39, 0.29) is 103 Å². The average Bonchev–Trinajstić information content (AvgIpc) is 1.55. The molecular formula is C68H46N8O10S4. The predicted molar refractivity (Wildman–Crippen MR) is 337 cm³/mol. The largest absolute Gasteiger partial charge is 0.459 e. The van der Waals surface area contributed by atoms with E-state index in [1.807, 2.05) is 60.7 Å². The molecule has 0 bridgehead atoms. The fraction of sp³-hybridized carbons (Fsp3) is 0.176. The molecule has 4 aliphatic carbocycles. The number of hydrogen-bond donors (Lipinski definition) is 0. The number of amides is 2. The normalized spacial score (nSPS) is 18.6. The monoisotopic (exact) mass is 1260 g/mol. The van der Waals surface area contributed by atoms with Gasteiger partial charge in [-0.05, 0) is 94.1 Å². The van der Waals surface area contributed by atoms with Gasteiger partial charge in [0, 0.05) is 45.8 Å². The van der Waals surface area contributed by atoms with Gasteiger partial charge in [0.05, 0.1) is 0 Å². The van der Waals surface area contributed by atoms with Gasteiger partial charge in [0.25, 0.3) is 11.8 Å². The number of ether oxygens (including phenoxy) is 4. The number of rotatable bonds is 16. The lowest BCUT2D eigenvalue weighted by atomic mass is 9.68. The quantitative estimate of drug-likeness (QED) is 0.0377. The Morgan fingerprint density at radius 3 is 1.06 bits per heavy atom. The smallest absolute Gasteiger partial charge is 0.333 e. The molecule has 6 aliphatic rings. The highest BCUT2D eigenvalue weighted by atomic mass is 32.2. The Labute approximate surface area is 532 Å². The van der Waals surface area contributed by atoms with Gasteiger partial charge >= 0.3 is 23.9 Å². The van der Waals surface area contributed by atoms with Crippen molar-refractivity contribution in [2.75, 3.05) is 13.1 Å². The van der Waals surface area contributed by atoms with Gasteiger partial charge < -0.3 is 18.9 Å². The molecule has 2 aliphatic heterocycles. The zero-order valence-corrected chi connectivity index (χ0v) is 51.0. The van der Waals surface area contributed by atoms with Crippen LogP contribution in [0.5, 0.6) is 0 Å². The van der Waals surface area contributed by atoms with Gasteiger partial charge in [0.15, 0.2) is 21.2 Å². The highest BCUT2D eigenvalue weighted by Gasteiger charge is 2.64. The molecule has 12 rings (SSSR count). The highest BCUT2D eigenvalue weighted by Crippen LogP contribution is 2.63. The van der Waals surface area contributed by atoms with E-state index in [0.29, 0.717) is 43.2 Å². The minimum atomic E-state index is -2.34. The number of aliphatic imine (C=N–C) groups is 2. The van der Waals surface area contributed by atoms with Crippen LogP contribution in [0.3, 0.4) is 0 Å². The molecule has 0 saturated carbocycles. The van der Waals surface area contributed by atoms with E-state index in [0.717, 1.165) is 46.2 Å². The van der Waals surface area contributed by atoms with Crippen LogP contribution < -0.4 is 0 Å². The average molecular weight is 1260 g/mol. The summed E-state index contributed by atoms with van der Waals surface area (Å²) in [6, 6.07) is 46.2. The van der Waals surface area contributed by atoms with Crippen LogP contribution in [0.15, 0.2) is 200 Å². The second-order valence-corrected chi connectivity index (χ2v) is 24.8. The summed E-state index contributed by atoms with van der Waals surface area (Å²) in [6.07, 6.45) is 7.30. The van der Waals surface area contributed by atoms with Crippen molar-refractivity contribution in [2.45, 2.75) is 51.1 Å². The van der Waals surface area contributed by atoms with Crippen LogP contribution in [-0.4, -0.2) is 68.7 Å². The Bertz CT molecular complexity index is 4070. The van der Waals surface area contributed by atoms with Crippen molar-refractivity contribution >= 4 is 113 Å². The van der Waals surface area contributed by atoms with Crippen LogP contribution in [0.1, 0.15) is 57.0 Å². The Morgan fingerprint density at radius 1 is 0.478 bits per heavy atom. The molecular weight excluding hydrogens is 1220 g/mol. The number of benzene rings is 4. The first kappa shape index (κ1) is 59.9. The summed E-state index contributed by atoms with van der Waals surface area (Å²) < 4.78 is 24.9. The molecule has 2 fully saturated rings. The number of carbonyl (C=O) groups is 6. The van der Waals surface area contributed by atoms with E-state index < -0.39 is 58.4 Å². The summed E-state index contributed by atoms with van der Waals surface area (Å²) in [6.45, 7) is 2.68. The zero-order chi connectivity index (χ0) is 62.8. The summed E-state index contributed by atoms with van der Waals surface area (Å²) in [5.74, 6) is -6.47. The Kier molecular flexibility index (Phi) is 16.6. The highest BCUT2D eigenvalue weighted by molar-refractivity contribution is 8.20. The lowest BCUT2D eigenvalue weighted by Crippen LogP contribution is -2.47. The van der Waals surface area contributed by atoms with Crippen LogP contribution in [0.25, 0.3) is 11.1 Å². The summed E-state index contributed by atoms with van der Waals surface area (Å²) in [4.78, 5) is 104. The molecule has 2 aromatic heterocycles. The molecule has 442 valence electrons. The molecule has 4 heterocycles. The van der Waals surface area contributed by atoms with Crippen molar-refractivity contribution in [3.63, 3.8) is 0 Å². The molecule has 4 aromatic carbocycles. The summed E-state index contributed by atoms with van der Waals surface area (Å²) in [5, 5.41) is 39.8. The lowest BCUT2D eigenvalue weighted by molar-refractivity contribution is -0.166. The third-order valence-corrected chi connectivity index (χ3v) is 20.0. The Balaban J connectivity index is 1.05. The fourth-order valence-electron chi connectivity index (χ4n) is 11.5. The Hall–Kier alpha value is -10.5. The van der Waals surface area contributed by atoms with E-state index >= 15 is 19.2 Å². The molecule has 0 radical (unpaired) electrons. The topological polar surface area (TPSA) is 266 Å². The molecule has 2 unspecified atom stereocenters. The minimum absolute atomic E-state index is 0.0649. The van der Waals surface area contributed by atoms with Crippen LogP contribution in [0, 0.1) is 57.2 Å². The SMILES string of the molecule is CCN1C(=O)/C(=N/c2cc3c(s2)C2=CC4C=C5C(=CC4C=C2C3(C(=O)OCc2ccccc2)C(=O)OCc2ccccc2)c2sc(/N=C3\SC(=C(C#N)C#N)N(CC)C3=O)cc2C5(C(=O)OCc2ccccc2)C(=O)OCc2ccccc2)SC1=C(C#N)C#N. The van der Waals surface area contributed by atoms with Gasteiger partial charge in [0.1, 0.15) is 70.8 Å². The number of nitriles is 4. The van der Waals surface area contributed by atoms with Gasteiger partial charge in [-0.2, -0.15) is 21.0 Å². The first-order chi connectivity index (χ1) is 43.8. The van der Waals surface area contributed by atoms with Crippen LogP contribution in [0.2, 0.25) is 0 Å². The maximum Gasteiger partial charge on any atom is 0.333 e. The first-order valence-electron chi connectivity index (χ1n) is 28.1. The van der Waals surface area contributed by atoms with Gasteiger partial charge in [-0.1, -0.05) is 146 Å². The standard InChI is InChI=1S/C68H46N8O10S4/c1-3-75-59(77)57(89-61(75)45(31-69)32-70)73-53-29-51-55(87-53)47-25-43-28-50-48(26-44(43)27-49(47)67(51,63(79)83-35-39-17-9-5-10-18-39)64(80)84-36-40-19-11-6-12-20-40)56-52(30-54(88-56)74-58-60(78)76(4-2)62(90-58)46(33-71)34-72)68(50,65(81)85-37-41-21-13-7-14-22-41)66(82)86-38-42-23-15-8-16-24-42/h5-30,43-44H,3-4,35-38H2,1-2H3/b73-57-,74-58-. The number of fused-ring (bicyclic) bond motifs is 7. The molecule has 18 nitrogen and oxygen atoms in total. The van der Waals surface area contributed by atoms with E-state index in [1.54, 1.807) is 135 Å². The van der Waals surface area contributed by atoms with Crippen LogP contribution >= 0.6 is 46.2 Å². The summed E-state index contributed by atoms with van der Waals surface area (Å²) >= 11 is 3.87. The van der Waals surface area contributed by atoms with Gasteiger partial charge in [-0.25, -0.2) is 9.98 Å². The van der Waals surface area contributed by atoms with Crippen molar-refractivity contribution in [3.05, 3.63) is 233 Å². The molecule has 6 aromatic rings. The van der Waals surface area contributed by atoms with Gasteiger partial charge in [-0.3, -0.25) is 38.6 Å². The van der Waals surface area contributed by atoms with Crippen LogP contribution in [0.4, 0.5) is 10.0 Å². The molecule has 2 atom stereocenters. The summed E-state index contributed by atoms with van der Waals surface area (Å²) in [5.41, 5.74) is -1.17. The van der Waals surface area contributed by atoms with Crippen molar-refractivity contribution in [3.8, 4) is 24.3 Å². The number of nitrogens with zero attached hydrogens (tertiary/aromatic N) is 8. The number of esters is 4. The van der Waals surface area contributed by atoms with E-state index in [4.69, 9.17) is 28.9 Å².